The SMILES string of the molecule is CCN(C(=O)c1cc(Br)cc(C(F)(F)F)c1)[C@@H](C)c1ncnn1-c1ccc(N=S(C)(C)=O)cn1. The second-order valence-electron chi connectivity index (χ2n) is 7.67. The molecule has 3 aromatic rings. The van der Waals surface area contributed by atoms with Gasteiger partial charge < -0.3 is 4.90 Å². The highest BCUT2D eigenvalue weighted by molar-refractivity contribution is 9.10. The number of hydrogen-bond donors (Lipinski definition) is 0. The minimum atomic E-state index is -4.59. The van der Waals surface area contributed by atoms with Crippen LogP contribution >= 0.6 is 15.9 Å². The number of aromatic nitrogens is 4. The van der Waals surface area contributed by atoms with Crippen molar-refractivity contribution < 1.29 is 22.2 Å². The van der Waals surface area contributed by atoms with Crippen molar-refractivity contribution in [2.24, 2.45) is 4.36 Å². The molecule has 0 aliphatic carbocycles. The van der Waals surface area contributed by atoms with Crippen LogP contribution in [-0.4, -0.2) is 53.8 Å². The van der Waals surface area contributed by atoms with Crippen LogP contribution in [0.15, 0.2) is 51.7 Å². The van der Waals surface area contributed by atoms with Crippen molar-refractivity contribution in [3.8, 4) is 5.82 Å². The zero-order chi connectivity index (χ0) is 25.3. The van der Waals surface area contributed by atoms with Crippen molar-refractivity contribution in [1.82, 2.24) is 24.6 Å². The quantitative estimate of drug-likeness (QED) is 0.423. The summed E-state index contributed by atoms with van der Waals surface area (Å²) in [4.78, 5) is 23.1. The second kappa shape index (κ2) is 9.82. The normalized spacial score (nSPS) is 12.9. The first-order valence-electron chi connectivity index (χ1n) is 10.0. The van der Waals surface area contributed by atoms with Crippen molar-refractivity contribution in [2.75, 3.05) is 19.1 Å². The second-order valence-corrected chi connectivity index (χ2v) is 11.1. The van der Waals surface area contributed by atoms with E-state index in [0.717, 1.165) is 12.1 Å². The van der Waals surface area contributed by atoms with Crippen LogP contribution in [-0.2, 0) is 15.9 Å². The van der Waals surface area contributed by atoms with Gasteiger partial charge >= 0.3 is 6.18 Å². The number of hydrogen-bond acceptors (Lipinski definition) is 6. The van der Waals surface area contributed by atoms with Crippen molar-refractivity contribution in [2.45, 2.75) is 26.1 Å². The Balaban J connectivity index is 1.94. The molecule has 0 unspecified atom stereocenters. The van der Waals surface area contributed by atoms with Gasteiger partial charge in [0.05, 0.1) is 23.5 Å². The van der Waals surface area contributed by atoms with Gasteiger partial charge in [0, 0.05) is 38.8 Å². The van der Waals surface area contributed by atoms with Gasteiger partial charge in [0.2, 0.25) is 0 Å². The van der Waals surface area contributed by atoms with E-state index in [4.69, 9.17) is 0 Å². The predicted molar refractivity (Wildman–Crippen MR) is 126 cm³/mol. The summed E-state index contributed by atoms with van der Waals surface area (Å²) in [5.74, 6) is 0.176. The minimum Gasteiger partial charge on any atom is -0.329 e. The van der Waals surface area contributed by atoms with Gasteiger partial charge in [0.15, 0.2) is 11.6 Å². The molecule has 3 rings (SSSR count). The van der Waals surface area contributed by atoms with Crippen LogP contribution in [0.1, 0.15) is 41.6 Å². The molecule has 2 aromatic heterocycles. The summed E-state index contributed by atoms with van der Waals surface area (Å²) in [6, 6.07) is 5.72. The first kappa shape index (κ1) is 25.8. The summed E-state index contributed by atoms with van der Waals surface area (Å²) >= 11 is 3.06. The van der Waals surface area contributed by atoms with Crippen LogP contribution in [0, 0.1) is 0 Å². The highest BCUT2D eigenvalue weighted by Crippen LogP contribution is 2.33. The van der Waals surface area contributed by atoms with Crippen LogP contribution in [0.2, 0.25) is 0 Å². The first-order valence-corrected chi connectivity index (χ1v) is 13.1. The molecular weight excluding hydrogens is 537 g/mol. The Kier molecular flexibility index (Phi) is 7.46. The van der Waals surface area contributed by atoms with Gasteiger partial charge in [-0.3, -0.25) is 4.79 Å². The number of rotatable bonds is 6. The molecule has 0 bridgehead atoms. The van der Waals surface area contributed by atoms with Crippen LogP contribution in [0.25, 0.3) is 5.82 Å². The Hall–Kier alpha value is -2.80. The van der Waals surface area contributed by atoms with Crippen molar-refractivity contribution in [1.29, 1.82) is 0 Å². The number of amides is 1. The lowest BCUT2D eigenvalue weighted by Gasteiger charge is -2.28. The fourth-order valence-corrected chi connectivity index (χ4v) is 4.41. The van der Waals surface area contributed by atoms with Gasteiger partial charge in [-0.25, -0.2) is 14.2 Å². The molecule has 1 atom stereocenters. The summed E-state index contributed by atoms with van der Waals surface area (Å²) in [6.45, 7) is 3.64. The Morgan fingerprint density at radius 2 is 1.94 bits per heavy atom. The number of benzene rings is 1. The third-order valence-electron chi connectivity index (χ3n) is 4.76. The summed E-state index contributed by atoms with van der Waals surface area (Å²) in [5, 5.41) is 4.18. The van der Waals surface area contributed by atoms with Gasteiger partial charge in [0.25, 0.3) is 5.91 Å². The average Bonchev–Trinajstić information content (AvgIpc) is 3.22. The van der Waals surface area contributed by atoms with Crippen LogP contribution < -0.4 is 0 Å². The van der Waals surface area contributed by atoms with Crippen molar-refractivity contribution in [3.63, 3.8) is 0 Å². The highest BCUT2D eigenvalue weighted by atomic mass is 79.9. The molecular formula is C21H22BrF3N6O2S. The maximum atomic E-state index is 13.2. The molecule has 0 fully saturated rings. The molecule has 8 nitrogen and oxygen atoms in total. The van der Waals surface area contributed by atoms with Gasteiger partial charge in [0.1, 0.15) is 6.33 Å². The lowest BCUT2D eigenvalue weighted by Crippen LogP contribution is -2.35. The van der Waals surface area contributed by atoms with Crippen molar-refractivity contribution >= 4 is 37.3 Å². The van der Waals surface area contributed by atoms with E-state index in [2.05, 4.69) is 35.4 Å². The molecule has 0 spiro atoms. The van der Waals surface area contributed by atoms with E-state index < -0.39 is 33.4 Å². The lowest BCUT2D eigenvalue weighted by molar-refractivity contribution is -0.137. The van der Waals surface area contributed by atoms with E-state index in [1.807, 2.05) is 0 Å². The Morgan fingerprint density at radius 1 is 1.24 bits per heavy atom. The monoisotopic (exact) mass is 558 g/mol. The van der Waals surface area contributed by atoms with E-state index in [0.29, 0.717) is 17.3 Å². The van der Waals surface area contributed by atoms with Crippen molar-refractivity contribution in [3.05, 3.63) is 64.3 Å². The zero-order valence-electron chi connectivity index (χ0n) is 18.7. The van der Waals surface area contributed by atoms with E-state index >= 15 is 0 Å². The van der Waals surface area contributed by atoms with Crippen LogP contribution in [0.5, 0.6) is 0 Å². The number of pyridine rings is 1. The molecule has 0 saturated carbocycles. The summed E-state index contributed by atoms with van der Waals surface area (Å²) in [7, 11) is -2.35. The molecule has 0 aliphatic heterocycles. The van der Waals surface area contributed by atoms with E-state index in [1.54, 1.807) is 26.0 Å². The zero-order valence-corrected chi connectivity index (χ0v) is 21.1. The first-order chi connectivity index (χ1) is 15.8. The van der Waals surface area contributed by atoms with Gasteiger partial charge in [-0.1, -0.05) is 15.9 Å². The molecule has 1 aromatic carbocycles. The summed E-state index contributed by atoms with van der Waals surface area (Å²) in [5.41, 5.74) is -0.586. The third-order valence-corrected chi connectivity index (χ3v) is 5.87. The maximum absolute atomic E-state index is 13.2. The van der Waals surface area contributed by atoms with Crippen LogP contribution in [0.3, 0.4) is 0 Å². The minimum absolute atomic E-state index is 0.103. The number of halogens is 4. The molecule has 2 heterocycles. The standard InChI is InChI=1S/C21H22BrF3N6O2S/c1-5-30(20(32)14-8-15(21(23,24)25)10-16(22)9-14)13(2)19-27-12-28-31(19)18-7-6-17(11-26-18)29-34(3,4)33/h6-13H,5H2,1-4H3/t13-/m0/s1. The number of carbonyl (C=O) groups is 1. The topological polar surface area (TPSA) is 93.3 Å². The van der Waals surface area contributed by atoms with E-state index in [9.17, 15) is 22.2 Å². The molecule has 0 saturated heterocycles. The summed E-state index contributed by atoms with van der Waals surface area (Å²) < 4.78 is 57.3. The van der Waals surface area contributed by atoms with Gasteiger partial charge in [-0.15, -0.1) is 0 Å². The number of alkyl halides is 3. The molecule has 13 heteroatoms. The largest absolute Gasteiger partial charge is 0.416 e. The number of nitrogens with zero attached hydrogens (tertiary/aromatic N) is 6. The Morgan fingerprint density at radius 3 is 2.50 bits per heavy atom. The molecule has 182 valence electrons. The predicted octanol–water partition coefficient (Wildman–Crippen LogP) is 5.03. The fraction of sp³-hybridized carbons (Fsp3) is 0.333. The molecule has 1 amide bonds. The van der Waals surface area contributed by atoms with Gasteiger partial charge in [-0.2, -0.15) is 27.3 Å². The Bertz CT molecular complexity index is 1310. The summed E-state index contributed by atoms with van der Waals surface area (Å²) in [6.07, 6.45) is 1.18. The molecule has 34 heavy (non-hydrogen) atoms. The van der Waals surface area contributed by atoms with E-state index in [1.165, 1.54) is 40.7 Å². The third kappa shape index (κ3) is 6.00. The lowest BCUT2D eigenvalue weighted by atomic mass is 10.1. The van der Waals surface area contributed by atoms with E-state index in [-0.39, 0.29) is 16.6 Å². The average molecular weight is 559 g/mol. The smallest absolute Gasteiger partial charge is 0.329 e. The molecule has 0 radical (unpaired) electrons. The fourth-order valence-electron chi connectivity index (χ4n) is 3.30. The number of carbonyl (C=O) groups excluding carboxylic acids is 1. The Labute approximate surface area is 203 Å². The maximum Gasteiger partial charge on any atom is 0.416 e. The molecule has 0 aliphatic rings. The highest BCUT2D eigenvalue weighted by Gasteiger charge is 2.33. The molecule has 0 N–H and O–H groups in total. The van der Waals surface area contributed by atoms with Gasteiger partial charge in [-0.05, 0) is 44.2 Å². The van der Waals surface area contributed by atoms with Crippen LogP contribution in [0.4, 0.5) is 18.9 Å².